The zero-order chi connectivity index (χ0) is 15.6. The Morgan fingerprint density at radius 3 is 2.64 bits per heavy atom. The van der Waals surface area contributed by atoms with Gasteiger partial charge in [-0.3, -0.25) is 0 Å². The predicted molar refractivity (Wildman–Crippen MR) is 81.5 cm³/mol. The van der Waals surface area contributed by atoms with Crippen LogP contribution in [-0.4, -0.2) is 15.0 Å². The first-order chi connectivity index (χ1) is 10.5. The van der Waals surface area contributed by atoms with Crippen LogP contribution in [0.5, 0.6) is 5.75 Å². The van der Waals surface area contributed by atoms with E-state index in [0.29, 0.717) is 24.3 Å². The van der Waals surface area contributed by atoms with E-state index in [1.165, 1.54) is 24.3 Å². The van der Waals surface area contributed by atoms with Gasteiger partial charge in [-0.1, -0.05) is 30.3 Å². The van der Waals surface area contributed by atoms with Gasteiger partial charge in [0.1, 0.15) is 11.6 Å². The van der Waals surface area contributed by atoms with Crippen molar-refractivity contribution in [2.45, 2.75) is 18.2 Å². The lowest BCUT2D eigenvalue weighted by Crippen LogP contribution is -2.33. The molecule has 1 heterocycles. The Balaban J connectivity index is 1.76. The molecule has 2 aromatic rings. The standard InChI is InChI=1S/C16H16FNO3S/c17-13-7-5-12(6-8-13)11-22(19,20)18-15-9-10-21-16-4-2-1-3-14(15)16/h1-8,15,18H,9-11H2/t15-/m0/s1. The third-order valence-electron chi connectivity index (χ3n) is 3.55. The zero-order valence-corrected chi connectivity index (χ0v) is 12.6. The molecule has 116 valence electrons. The molecule has 0 saturated heterocycles. The first-order valence-corrected chi connectivity index (χ1v) is 8.65. The first-order valence-electron chi connectivity index (χ1n) is 7.00. The van der Waals surface area contributed by atoms with Crippen LogP contribution >= 0.6 is 0 Å². The van der Waals surface area contributed by atoms with Crippen molar-refractivity contribution in [2.75, 3.05) is 6.61 Å². The summed E-state index contributed by atoms with van der Waals surface area (Å²) in [7, 11) is -3.52. The van der Waals surface area contributed by atoms with Crippen LogP contribution in [0, 0.1) is 5.82 Å². The van der Waals surface area contributed by atoms with Crippen molar-refractivity contribution in [2.24, 2.45) is 0 Å². The number of halogens is 1. The molecule has 1 N–H and O–H groups in total. The lowest BCUT2D eigenvalue weighted by Gasteiger charge is -2.26. The van der Waals surface area contributed by atoms with E-state index in [9.17, 15) is 12.8 Å². The number of ether oxygens (including phenoxy) is 1. The van der Waals surface area contributed by atoms with E-state index in [-0.39, 0.29) is 17.6 Å². The molecule has 1 atom stereocenters. The minimum atomic E-state index is -3.52. The molecule has 4 nitrogen and oxygen atoms in total. The van der Waals surface area contributed by atoms with Crippen LogP contribution < -0.4 is 9.46 Å². The summed E-state index contributed by atoms with van der Waals surface area (Å²) in [5, 5.41) is 0. The highest BCUT2D eigenvalue weighted by atomic mass is 32.2. The number of fused-ring (bicyclic) bond motifs is 1. The Morgan fingerprint density at radius 2 is 1.86 bits per heavy atom. The van der Waals surface area contributed by atoms with Crippen LogP contribution in [0.2, 0.25) is 0 Å². The van der Waals surface area contributed by atoms with E-state index in [4.69, 9.17) is 4.74 Å². The number of rotatable bonds is 4. The van der Waals surface area contributed by atoms with Gasteiger partial charge in [-0.2, -0.15) is 0 Å². The number of sulfonamides is 1. The van der Waals surface area contributed by atoms with Crippen molar-refractivity contribution in [3.05, 3.63) is 65.5 Å². The molecule has 0 aliphatic carbocycles. The molecule has 6 heteroatoms. The van der Waals surface area contributed by atoms with E-state index in [1.807, 2.05) is 24.3 Å². The summed E-state index contributed by atoms with van der Waals surface area (Å²) in [6.45, 7) is 0.473. The Bertz CT molecular complexity index is 759. The number of nitrogens with one attached hydrogen (secondary N) is 1. The Labute approximate surface area is 129 Å². The molecule has 3 rings (SSSR count). The summed E-state index contributed by atoms with van der Waals surface area (Å²) >= 11 is 0. The first kappa shape index (κ1) is 15.0. The predicted octanol–water partition coefficient (Wildman–Crippen LogP) is 2.77. The monoisotopic (exact) mass is 321 g/mol. The van der Waals surface area contributed by atoms with E-state index < -0.39 is 10.0 Å². The largest absolute Gasteiger partial charge is 0.493 e. The lowest BCUT2D eigenvalue weighted by atomic mass is 10.0. The number of para-hydroxylation sites is 1. The van der Waals surface area contributed by atoms with Gasteiger partial charge < -0.3 is 4.74 Å². The topological polar surface area (TPSA) is 55.4 Å². The average Bonchev–Trinajstić information content (AvgIpc) is 2.49. The molecule has 1 aliphatic heterocycles. The summed E-state index contributed by atoms with van der Waals surface area (Å²) in [6, 6.07) is 12.6. The third-order valence-corrected chi connectivity index (χ3v) is 4.91. The van der Waals surface area contributed by atoms with Crippen LogP contribution in [-0.2, 0) is 15.8 Å². The normalized spacial score (nSPS) is 17.6. The molecule has 0 unspecified atom stereocenters. The molecule has 0 saturated carbocycles. The molecule has 1 aliphatic rings. The second-order valence-corrected chi connectivity index (χ2v) is 6.98. The maximum atomic E-state index is 12.9. The van der Waals surface area contributed by atoms with Crippen molar-refractivity contribution in [3.63, 3.8) is 0 Å². The van der Waals surface area contributed by atoms with Gasteiger partial charge in [0.2, 0.25) is 10.0 Å². The smallest absolute Gasteiger partial charge is 0.216 e. The number of benzene rings is 2. The minimum absolute atomic E-state index is 0.174. The Morgan fingerprint density at radius 1 is 1.14 bits per heavy atom. The van der Waals surface area contributed by atoms with Crippen molar-refractivity contribution in [1.29, 1.82) is 0 Å². The maximum absolute atomic E-state index is 12.9. The van der Waals surface area contributed by atoms with Crippen molar-refractivity contribution >= 4 is 10.0 Å². The van der Waals surface area contributed by atoms with Gasteiger partial charge >= 0.3 is 0 Å². The molecule has 22 heavy (non-hydrogen) atoms. The summed E-state index contributed by atoms with van der Waals surface area (Å²) in [6.07, 6.45) is 0.583. The highest BCUT2D eigenvalue weighted by Crippen LogP contribution is 2.32. The van der Waals surface area contributed by atoms with Gasteiger partial charge in [-0.15, -0.1) is 0 Å². The summed E-state index contributed by atoms with van der Waals surface area (Å²) in [4.78, 5) is 0. The van der Waals surface area contributed by atoms with Gasteiger partial charge in [0, 0.05) is 12.0 Å². The zero-order valence-electron chi connectivity index (χ0n) is 11.8. The highest BCUT2D eigenvalue weighted by molar-refractivity contribution is 7.88. The average molecular weight is 321 g/mol. The molecule has 2 aromatic carbocycles. The quantitative estimate of drug-likeness (QED) is 0.942. The summed E-state index contributed by atoms with van der Waals surface area (Å²) in [5.74, 6) is 0.156. The summed E-state index contributed by atoms with van der Waals surface area (Å²) < 4.78 is 45.7. The van der Waals surface area contributed by atoms with E-state index >= 15 is 0 Å². The van der Waals surface area contributed by atoms with Crippen molar-refractivity contribution in [1.82, 2.24) is 4.72 Å². The van der Waals surface area contributed by atoms with Gasteiger partial charge in [0.05, 0.1) is 18.4 Å². The van der Waals surface area contributed by atoms with Gasteiger partial charge in [0.25, 0.3) is 0 Å². The molecular weight excluding hydrogens is 305 g/mol. The van der Waals surface area contributed by atoms with Crippen LogP contribution in [0.1, 0.15) is 23.6 Å². The van der Waals surface area contributed by atoms with Crippen molar-refractivity contribution in [3.8, 4) is 5.75 Å². The number of hydrogen-bond donors (Lipinski definition) is 1. The van der Waals surface area contributed by atoms with Crippen molar-refractivity contribution < 1.29 is 17.5 Å². The van der Waals surface area contributed by atoms with Crippen LogP contribution in [0.3, 0.4) is 0 Å². The molecule has 0 bridgehead atoms. The third kappa shape index (κ3) is 3.45. The fourth-order valence-corrected chi connectivity index (χ4v) is 3.92. The van der Waals surface area contributed by atoms with E-state index in [1.54, 1.807) is 0 Å². The van der Waals surface area contributed by atoms with Crippen LogP contribution in [0.4, 0.5) is 4.39 Å². The summed E-state index contributed by atoms with van der Waals surface area (Å²) in [5.41, 5.74) is 1.39. The second kappa shape index (κ2) is 6.06. The fourth-order valence-electron chi connectivity index (χ4n) is 2.52. The molecule has 0 radical (unpaired) electrons. The van der Waals surface area contributed by atoms with E-state index in [0.717, 1.165) is 5.56 Å². The maximum Gasteiger partial charge on any atom is 0.216 e. The number of hydrogen-bond acceptors (Lipinski definition) is 3. The van der Waals surface area contributed by atoms with Gasteiger partial charge in [0.15, 0.2) is 0 Å². The van der Waals surface area contributed by atoms with Crippen LogP contribution in [0.25, 0.3) is 0 Å². The second-order valence-electron chi connectivity index (χ2n) is 5.23. The minimum Gasteiger partial charge on any atom is -0.493 e. The Kier molecular flexibility index (Phi) is 4.13. The highest BCUT2D eigenvalue weighted by Gasteiger charge is 2.25. The van der Waals surface area contributed by atoms with Crippen LogP contribution in [0.15, 0.2) is 48.5 Å². The molecule has 0 spiro atoms. The Hall–Kier alpha value is -1.92. The molecular formula is C16H16FNO3S. The molecule has 0 amide bonds. The molecule has 0 aromatic heterocycles. The van der Waals surface area contributed by atoms with E-state index in [2.05, 4.69) is 4.72 Å². The molecule has 0 fully saturated rings. The van der Waals surface area contributed by atoms with Gasteiger partial charge in [-0.05, 0) is 23.8 Å². The SMILES string of the molecule is O=S(=O)(Cc1ccc(F)cc1)N[C@H]1CCOc2ccccc21. The fraction of sp³-hybridized carbons (Fsp3) is 0.250. The van der Waals surface area contributed by atoms with Gasteiger partial charge in [-0.25, -0.2) is 17.5 Å². The lowest BCUT2D eigenvalue weighted by molar-refractivity contribution is 0.263.